The molecule has 4 rings (SSSR count). The summed E-state index contributed by atoms with van der Waals surface area (Å²) < 4.78 is 2.31. The van der Waals surface area contributed by atoms with Crippen LogP contribution in [0.15, 0.2) is 30.5 Å². The minimum absolute atomic E-state index is 0. The molecule has 1 aliphatic rings. The molecule has 0 N–H and O–H groups in total. The van der Waals surface area contributed by atoms with Crippen molar-refractivity contribution >= 4 is 33.3 Å². The monoisotopic (exact) mass is 348 g/mol. The summed E-state index contributed by atoms with van der Waals surface area (Å²) in [5.41, 5.74) is 5.10. The molecule has 0 atom stereocenters. The van der Waals surface area contributed by atoms with Gasteiger partial charge in [-0.3, -0.25) is 4.40 Å². The highest BCUT2D eigenvalue weighted by Gasteiger charge is 2.17. The molecule has 0 bridgehead atoms. The van der Waals surface area contributed by atoms with Gasteiger partial charge in [0, 0.05) is 22.3 Å². The summed E-state index contributed by atoms with van der Waals surface area (Å²) in [4.78, 5) is 7.50. The number of imidazole rings is 1. The number of fused-ring (bicyclic) bond motifs is 3. The summed E-state index contributed by atoms with van der Waals surface area (Å²) in [6, 6.07) is 8.62. The number of aromatic nitrogens is 2. The lowest BCUT2D eigenvalue weighted by atomic mass is 10.0. The normalized spacial score (nSPS) is 14.1. The van der Waals surface area contributed by atoms with Crippen molar-refractivity contribution in [3.63, 3.8) is 0 Å². The number of halogens is 1. The van der Waals surface area contributed by atoms with E-state index >= 15 is 0 Å². The van der Waals surface area contributed by atoms with E-state index < -0.39 is 0 Å². The average molecular weight is 349 g/mol. The van der Waals surface area contributed by atoms with Crippen molar-refractivity contribution in [3.8, 4) is 11.3 Å². The van der Waals surface area contributed by atoms with Gasteiger partial charge < -0.3 is 0 Å². The number of benzene rings is 1. The van der Waals surface area contributed by atoms with Crippen LogP contribution in [0.1, 0.15) is 29.0 Å². The molecule has 0 unspecified atom stereocenters. The van der Waals surface area contributed by atoms with Gasteiger partial charge in [-0.15, -0.1) is 28.3 Å². The lowest BCUT2D eigenvalue weighted by Gasteiger charge is -2.09. The minimum Gasteiger partial charge on any atom is -0.294 e. The maximum absolute atomic E-state index is 4.80. The highest BCUT2D eigenvalue weighted by Crippen LogP contribution is 2.32. The van der Waals surface area contributed by atoms with Crippen LogP contribution < -0.4 is 0 Å². The van der Waals surface area contributed by atoms with Crippen molar-refractivity contribution in [2.75, 3.05) is 0 Å². The topological polar surface area (TPSA) is 17.3 Å². The van der Waals surface area contributed by atoms with Crippen molar-refractivity contribution in [2.45, 2.75) is 32.6 Å². The van der Waals surface area contributed by atoms with E-state index in [0.717, 1.165) is 10.7 Å². The summed E-state index contributed by atoms with van der Waals surface area (Å²) in [7, 11) is 0. The third kappa shape index (κ3) is 2.21. The van der Waals surface area contributed by atoms with Gasteiger partial charge in [0.05, 0.1) is 5.69 Å². The van der Waals surface area contributed by atoms with Crippen LogP contribution in [0.25, 0.3) is 16.2 Å². The third-order valence-electron chi connectivity index (χ3n) is 3.92. The van der Waals surface area contributed by atoms with Gasteiger partial charge in [-0.1, -0.05) is 29.8 Å². The van der Waals surface area contributed by atoms with Crippen LogP contribution in [-0.2, 0) is 12.8 Å². The number of hydrogen-bond donors (Lipinski definition) is 0. The Hall–Kier alpha value is -1.13. The molecule has 0 saturated carbocycles. The molecule has 20 heavy (non-hydrogen) atoms. The Labute approximate surface area is 133 Å². The Kier molecular flexibility index (Phi) is 3.69. The molecule has 3 aromatic rings. The highest BCUT2D eigenvalue weighted by atomic mass is 79.9. The molecule has 2 aromatic heterocycles. The van der Waals surface area contributed by atoms with Crippen LogP contribution in [0, 0.1) is 6.92 Å². The molecule has 0 spiro atoms. The van der Waals surface area contributed by atoms with E-state index in [1.54, 1.807) is 4.88 Å². The molecule has 104 valence electrons. The Morgan fingerprint density at radius 3 is 2.65 bits per heavy atom. The van der Waals surface area contributed by atoms with Crippen molar-refractivity contribution in [2.24, 2.45) is 0 Å². The molecule has 0 amide bonds. The number of rotatable bonds is 1. The average Bonchev–Trinajstić information content (AvgIpc) is 2.97. The standard InChI is InChI=1S/C16H16N2S.BrH/c1-11-6-8-12(9-7-11)13-10-18-14-4-2-3-5-15(14)19-16(18)17-13;/h6-10H,2-5H2,1H3;1H. The lowest BCUT2D eigenvalue weighted by molar-refractivity contribution is 0.674. The van der Waals surface area contributed by atoms with Gasteiger partial charge in [0.15, 0.2) is 4.96 Å². The van der Waals surface area contributed by atoms with E-state index in [0.29, 0.717) is 0 Å². The maximum atomic E-state index is 4.80. The number of aryl methyl sites for hydroxylation is 3. The first-order valence-electron chi connectivity index (χ1n) is 6.88. The Morgan fingerprint density at radius 2 is 1.85 bits per heavy atom. The summed E-state index contributed by atoms with van der Waals surface area (Å²) in [5.74, 6) is 0. The quantitative estimate of drug-likeness (QED) is 0.615. The summed E-state index contributed by atoms with van der Waals surface area (Å²) in [5, 5.41) is 0. The molecule has 2 nitrogen and oxygen atoms in total. The predicted molar refractivity (Wildman–Crippen MR) is 90.2 cm³/mol. The van der Waals surface area contributed by atoms with E-state index in [2.05, 4.69) is 41.8 Å². The van der Waals surface area contributed by atoms with Gasteiger partial charge in [-0.2, -0.15) is 0 Å². The Bertz CT molecular complexity index is 740. The fourth-order valence-electron chi connectivity index (χ4n) is 2.83. The first kappa shape index (κ1) is 13.8. The molecular formula is C16H17BrN2S. The molecule has 0 fully saturated rings. The predicted octanol–water partition coefficient (Wildman–Crippen LogP) is 4.83. The second-order valence-corrected chi connectivity index (χ2v) is 6.39. The van der Waals surface area contributed by atoms with Crippen LogP contribution in [0.4, 0.5) is 0 Å². The molecule has 0 radical (unpaired) electrons. The highest BCUT2D eigenvalue weighted by molar-refractivity contribution is 8.93. The fourth-order valence-corrected chi connectivity index (χ4v) is 4.02. The van der Waals surface area contributed by atoms with E-state index in [4.69, 9.17) is 4.98 Å². The van der Waals surface area contributed by atoms with E-state index in [9.17, 15) is 0 Å². The minimum atomic E-state index is 0. The second kappa shape index (κ2) is 5.34. The van der Waals surface area contributed by atoms with Crippen LogP contribution in [0.3, 0.4) is 0 Å². The van der Waals surface area contributed by atoms with Gasteiger partial charge in [0.2, 0.25) is 0 Å². The van der Waals surface area contributed by atoms with Crippen LogP contribution in [0.2, 0.25) is 0 Å². The van der Waals surface area contributed by atoms with E-state index in [1.165, 1.54) is 42.5 Å². The number of hydrogen-bond acceptors (Lipinski definition) is 2. The van der Waals surface area contributed by atoms with Gasteiger partial charge >= 0.3 is 0 Å². The van der Waals surface area contributed by atoms with Crippen molar-refractivity contribution in [1.29, 1.82) is 0 Å². The Balaban J connectivity index is 0.00000121. The zero-order valence-electron chi connectivity index (χ0n) is 11.4. The summed E-state index contributed by atoms with van der Waals surface area (Å²) in [6.07, 6.45) is 7.31. The van der Waals surface area contributed by atoms with Crippen LogP contribution in [0.5, 0.6) is 0 Å². The molecule has 1 aromatic carbocycles. The number of nitrogens with zero attached hydrogens (tertiary/aromatic N) is 2. The number of thiazole rings is 1. The molecule has 2 heterocycles. The van der Waals surface area contributed by atoms with E-state index in [1.807, 2.05) is 11.3 Å². The molecule has 4 heteroatoms. The van der Waals surface area contributed by atoms with E-state index in [-0.39, 0.29) is 17.0 Å². The van der Waals surface area contributed by atoms with Crippen molar-refractivity contribution in [1.82, 2.24) is 9.38 Å². The summed E-state index contributed by atoms with van der Waals surface area (Å²) >= 11 is 1.87. The largest absolute Gasteiger partial charge is 0.294 e. The van der Waals surface area contributed by atoms with Gasteiger partial charge in [-0.05, 0) is 32.6 Å². The van der Waals surface area contributed by atoms with Gasteiger partial charge in [-0.25, -0.2) is 4.98 Å². The van der Waals surface area contributed by atoms with Gasteiger partial charge in [0.1, 0.15) is 0 Å². The zero-order chi connectivity index (χ0) is 12.8. The molecular weight excluding hydrogens is 332 g/mol. The molecule has 0 saturated heterocycles. The third-order valence-corrected chi connectivity index (χ3v) is 5.07. The first-order valence-corrected chi connectivity index (χ1v) is 7.69. The van der Waals surface area contributed by atoms with Crippen LogP contribution >= 0.6 is 28.3 Å². The molecule has 0 aliphatic heterocycles. The lowest BCUT2D eigenvalue weighted by Crippen LogP contribution is -2.01. The van der Waals surface area contributed by atoms with Crippen molar-refractivity contribution < 1.29 is 0 Å². The summed E-state index contributed by atoms with van der Waals surface area (Å²) in [6.45, 7) is 2.12. The maximum Gasteiger partial charge on any atom is 0.194 e. The fraction of sp³-hybridized carbons (Fsp3) is 0.312. The second-order valence-electron chi connectivity index (χ2n) is 5.32. The smallest absolute Gasteiger partial charge is 0.194 e. The molecule has 1 aliphatic carbocycles. The zero-order valence-corrected chi connectivity index (χ0v) is 14.0. The SMILES string of the molecule is Br.Cc1ccc(-c2cn3c4c(sc3n2)CCCC4)cc1. The first-order chi connectivity index (χ1) is 9.31. The van der Waals surface area contributed by atoms with Gasteiger partial charge in [0.25, 0.3) is 0 Å². The van der Waals surface area contributed by atoms with Crippen molar-refractivity contribution in [3.05, 3.63) is 46.6 Å². The Morgan fingerprint density at radius 1 is 1.10 bits per heavy atom. The van der Waals surface area contributed by atoms with Crippen LogP contribution in [-0.4, -0.2) is 9.38 Å².